The van der Waals surface area contributed by atoms with Crippen LogP contribution < -0.4 is 20.7 Å². The summed E-state index contributed by atoms with van der Waals surface area (Å²) in [5, 5.41) is 9.83. The molecule has 0 saturated heterocycles. The zero-order valence-corrected chi connectivity index (χ0v) is 16.1. The Morgan fingerprint density at radius 2 is 2.00 bits per heavy atom. The molecule has 1 aliphatic heterocycles. The summed E-state index contributed by atoms with van der Waals surface area (Å²) < 4.78 is 5.93. The highest BCUT2D eigenvalue weighted by Gasteiger charge is 2.25. The second kappa shape index (κ2) is 8.19. The largest absolute Gasteiger partial charge is 0.457 e. The van der Waals surface area contributed by atoms with E-state index in [2.05, 4.69) is 27.0 Å². The number of hydrogen-bond acceptors (Lipinski definition) is 6. The Labute approximate surface area is 163 Å². The van der Waals surface area contributed by atoms with E-state index in [0.717, 1.165) is 11.4 Å². The van der Waals surface area contributed by atoms with E-state index in [1.807, 2.05) is 23.9 Å². The minimum Gasteiger partial charge on any atom is -0.457 e. The van der Waals surface area contributed by atoms with Gasteiger partial charge in [-0.3, -0.25) is 15.1 Å². The lowest BCUT2D eigenvalue weighted by molar-refractivity contribution is 0.0958. The van der Waals surface area contributed by atoms with Crippen molar-refractivity contribution < 1.29 is 9.53 Å². The molecule has 2 aromatic rings. The molecule has 1 fully saturated rings. The van der Waals surface area contributed by atoms with Crippen LogP contribution in [0.3, 0.4) is 0 Å². The third-order valence-electron chi connectivity index (χ3n) is 4.90. The fourth-order valence-electron chi connectivity index (χ4n) is 3.51. The summed E-state index contributed by atoms with van der Waals surface area (Å²) in [7, 11) is 1.58. The van der Waals surface area contributed by atoms with Gasteiger partial charge < -0.3 is 15.4 Å². The van der Waals surface area contributed by atoms with Gasteiger partial charge in [0.2, 0.25) is 0 Å². The molecule has 142 valence electrons. The summed E-state index contributed by atoms with van der Waals surface area (Å²) in [5.74, 6) is 1.09. The molecule has 1 aromatic carbocycles. The van der Waals surface area contributed by atoms with Gasteiger partial charge in [-0.15, -0.1) is 0 Å². The van der Waals surface area contributed by atoms with Crippen LogP contribution in [0.1, 0.15) is 42.6 Å². The molecule has 27 heavy (non-hydrogen) atoms. The molecular weight excluding hydrogens is 360 g/mol. The predicted octanol–water partition coefficient (Wildman–Crippen LogP) is 3.96. The Hall–Kier alpha value is -2.25. The van der Waals surface area contributed by atoms with E-state index >= 15 is 0 Å². The van der Waals surface area contributed by atoms with Gasteiger partial charge in [-0.05, 0) is 31.0 Å². The number of nitrogens with zero attached hydrogens (tertiary/aromatic N) is 1. The van der Waals surface area contributed by atoms with Crippen LogP contribution >= 0.6 is 11.8 Å². The van der Waals surface area contributed by atoms with Gasteiger partial charge in [0.05, 0.1) is 5.69 Å². The number of thioether (sulfide) groups is 1. The van der Waals surface area contributed by atoms with Crippen LogP contribution in [-0.4, -0.2) is 29.5 Å². The highest BCUT2D eigenvalue weighted by atomic mass is 32.2. The normalized spacial score (nSPS) is 19.2. The SMILES string of the molecule is CNC(=O)c1cc(Oc2ccc3c(c2)NC(NC2CCCCC2)S3)ccn1. The summed E-state index contributed by atoms with van der Waals surface area (Å²) >= 11 is 1.81. The maximum Gasteiger partial charge on any atom is 0.269 e. The number of rotatable bonds is 5. The van der Waals surface area contributed by atoms with Gasteiger partial charge in [0.15, 0.2) is 0 Å². The van der Waals surface area contributed by atoms with Crippen molar-refractivity contribution in [3.05, 3.63) is 42.2 Å². The van der Waals surface area contributed by atoms with E-state index in [1.54, 1.807) is 25.4 Å². The molecule has 1 aromatic heterocycles. The monoisotopic (exact) mass is 384 g/mol. The fraction of sp³-hybridized carbons (Fsp3) is 0.400. The third kappa shape index (κ3) is 4.36. The van der Waals surface area contributed by atoms with E-state index in [9.17, 15) is 4.79 Å². The van der Waals surface area contributed by atoms with Gasteiger partial charge >= 0.3 is 0 Å². The highest BCUT2D eigenvalue weighted by molar-refractivity contribution is 8.00. The maximum atomic E-state index is 11.7. The van der Waals surface area contributed by atoms with Crippen molar-refractivity contribution in [1.29, 1.82) is 0 Å². The molecular formula is C20H24N4O2S. The average molecular weight is 385 g/mol. The minimum absolute atomic E-state index is 0.208. The number of carbonyl (C=O) groups is 1. The predicted molar refractivity (Wildman–Crippen MR) is 107 cm³/mol. The summed E-state index contributed by atoms with van der Waals surface area (Å²) in [4.78, 5) is 17.0. The first kappa shape index (κ1) is 18.1. The molecule has 0 spiro atoms. The Balaban J connectivity index is 1.41. The maximum absolute atomic E-state index is 11.7. The Bertz CT molecular complexity index is 823. The molecule has 1 unspecified atom stereocenters. The summed E-state index contributed by atoms with van der Waals surface area (Å²) in [6, 6.07) is 10.0. The van der Waals surface area contributed by atoms with Crippen molar-refractivity contribution in [2.75, 3.05) is 12.4 Å². The number of nitrogens with one attached hydrogen (secondary N) is 3. The second-order valence-electron chi connectivity index (χ2n) is 6.86. The topological polar surface area (TPSA) is 75.3 Å². The van der Waals surface area contributed by atoms with Crippen molar-refractivity contribution >= 4 is 23.4 Å². The van der Waals surface area contributed by atoms with Crippen molar-refractivity contribution in [2.24, 2.45) is 0 Å². The second-order valence-corrected chi connectivity index (χ2v) is 8.01. The molecule has 2 heterocycles. The molecule has 0 radical (unpaired) electrons. The summed E-state index contributed by atoms with van der Waals surface area (Å²) in [5.41, 5.74) is 1.62. The Morgan fingerprint density at radius 1 is 1.19 bits per heavy atom. The van der Waals surface area contributed by atoms with Crippen LogP contribution in [0.2, 0.25) is 0 Å². The zero-order valence-electron chi connectivity index (χ0n) is 15.3. The number of fused-ring (bicyclic) bond motifs is 1. The molecule has 1 aliphatic carbocycles. The average Bonchev–Trinajstić information content (AvgIpc) is 3.10. The lowest BCUT2D eigenvalue weighted by atomic mass is 9.96. The molecule has 4 rings (SSSR count). The van der Waals surface area contributed by atoms with E-state index in [0.29, 0.717) is 17.5 Å². The van der Waals surface area contributed by atoms with Crippen LogP contribution in [-0.2, 0) is 0 Å². The summed E-state index contributed by atoms with van der Waals surface area (Å²) in [6.45, 7) is 0. The number of aromatic nitrogens is 1. The number of anilines is 1. The van der Waals surface area contributed by atoms with Gasteiger partial charge in [0.1, 0.15) is 22.7 Å². The smallest absolute Gasteiger partial charge is 0.269 e. The number of benzene rings is 1. The first-order chi connectivity index (χ1) is 13.2. The van der Waals surface area contributed by atoms with Crippen molar-refractivity contribution in [3.8, 4) is 11.5 Å². The van der Waals surface area contributed by atoms with Gasteiger partial charge in [-0.1, -0.05) is 31.0 Å². The van der Waals surface area contributed by atoms with Crippen LogP contribution in [0.15, 0.2) is 41.4 Å². The van der Waals surface area contributed by atoms with Crippen molar-refractivity contribution in [3.63, 3.8) is 0 Å². The quantitative estimate of drug-likeness (QED) is 0.725. The number of ether oxygens (including phenoxy) is 1. The van der Waals surface area contributed by atoms with Gasteiger partial charge in [0, 0.05) is 36.3 Å². The van der Waals surface area contributed by atoms with Crippen LogP contribution in [0.4, 0.5) is 5.69 Å². The van der Waals surface area contributed by atoms with Gasteiger partial charge in [0.25, 0.3) is 5.91 Å². The van der Waals surface area contributed by atoms with E-state index in [1.165, 1.54) is 37.0 Å². The van der Waals surface area contributed by atoms with Crippen LogP contribution in [0, 0.1) is 0 Å². The standard InChI is InChI=1S/C20H24N4O2S/c1-21-19(25)17-12-15(9-10-22-17)26-14-7-8-18-16(11-14)24-20(27-18)23-13-5-3-2-4-6-13/h7-13,20,23-24H,2-6H2,1H3,(H,21,25). The lowest BCUT2D eigenvalue weighted by Crippen LogP contribution is -2.40. The molecule has 1 saturated carbocycles. The van der Waals surface area contributed by atoms with Gasteiger partial charge in [-0.25, -0.2) is 0 Å². The highest BCUT2D eigenvalue weighted by Crippen LogP contribution is 2.40. The van der Waals surface area contributed by atoms with E-state index in [4.69, 9.17) is 4.74 Å². The number of amides is 1. The molecule has 1 atom stereocenters. The molecule has 7 heteroatoms. The lowest BCUT2D eigenvalue weighted by Gasteiger charge is -2.26. The molecule has 0 bridgehead atoms. The first-order valence-corrected chi connectivity index (χ1v) is 10.3. The minimum atomic E-state index is -0.232. The number of carbonyl (C=O) groups excluding carboxylic acids is 1. The van der Waals surface area contributed by atoms with Crippen molar-refractivity contribution in [2.45, 2.75) is 48.5 Å². The van der Waals surface area contributed by atoms with Crippen molar-refractivity contribution in [1.82, 2.24) is 15.6 Å². The zero-order chi connectivity index (χ0) is 18.6. The molecule has 2 aliphatic rings. The molecule has 6 nitrogen and oxygen atoms in total. The van der Waals surface area contributed by atoms with Crippen LogP contribution in [0.5, 0.6) is 11.5 Å². The van der Waals surface area contributed by atoms with E-state index in [-0.39, 0.29) is 11.4 Å². The molecule has 3 N–H and O–H groups in total. The van der Waals surface area contributed by atoms with E-state index < -0.39 is 0 Å². The number of hydrogen-bond donors (Lipinski definition) is 3. The summed E-state index contributed by atoms with van der Waals surface area (Å²) in [6.07, 6.45) is 8.11. The fourth-order valence-corrected chi connectivity index (χ4v) is 4.60. The van der Waals surface area contributed by atoms with Crippen LogP contribution in [0.25, 0.3) is 0 Å². The first-order valence-electron chi connectivity index (χ1n) is 9.40. The Morgan fingerprint density at radius 3 is 2.81 bits per heavy atom. The molecule has 1 amide bonds. The number of pyridine rings is 1. The Kier molecular flexibility index (Phi) is 5.50. The third-order valence-corrected chi connectivity index (χ3v) is 6.00. The van der Waals surface area contributed by atoms with Gasteiger partial charge in [-0.2, -0.15) is 0 Å².